The molecule has 1 N–H and O–H groups in total. The average Bonchev–Trinajstić information content (AvgIpc) is 2.50. The predicted octanol–water partition coefficient (Wildman–Crippen LogP) is 1.74. The Hall–Kier alpha value is -0.670. The first kappa shape index (κ1) is 18.7. The molecule has 9 heteroatoms. The summed E-state index contributed by atoms with van der Waals surface area (Å²) in [6.07, 6.45) is 2.74. The summed E-state index contributed by atoms with van der Waals surface area (Å²) in [7, 11) is -7.19. The molecule has 0 aliphatic carbocycles. The van der Waals surface area contributed by atoms with Crippen LogP contribution in [0.4, 0.5) is 0 Å². The number of piperidine rings is 1. The minimum Gasteiger partial charge on any atom is -0.212 e. The second kappa shape index (κ2) is 7.48. The topological polar surface area (TPSA) is 83.5 Å². The molecule has 0 radical (unpaired) electrons. The first-order chi connectivity index (χ1) is 10.7. The maximum Gasteiger partial charge on any atom is 0.240 e. The van der Waals surface area contributed by atoms with E-state index in [0.717, 1.165) is 24.8 Å². The number of nitrogens with one attached hydrogen (secondary N) is 1. The summed E-state index contributed by atoms with van der Waals surface area (Å²) in [5.74, 6) is -0.244. The van der Waals surface area contributed by atoms with E-state index < -0.39 is 20.0 Å². The van der Waals surface area contributed by atoms with Crippen molar-refractivity contribution in [2.45, 2.75) is 31.1 Å². The standard InChI is InChI=1S/C14H21ClN2O4S2/c1-12-5-6-13(11-14(12)15)23(20,21)16-7-10-22(18,19)17-8-3-2-4-9-17/h5-6,11,16H,2-4,7-10H2,1H3. The summed E-state index contributed by atoms with van der Waals surface area (Å²) in [5, 5.41) is 0.355. The lowest BCUT2D eigenvalue weighted by atomic mass is 10.2. The second-order valence-corrected chi connectivity index (χ2v) is 9.85. The molecule has 0 unspecified atom stereocenters. The molecule has 1 aliphatic heterocycles. The Labute approximate surface area is 142 Å². The molecule has 1 saturated heterocycles. The van der Waals surface area contributed by atoms with Crippen molar-refractivity contribution in [3.63, 3.8) is 0 Å². The number of benzene rings is 1. The third-order valence-electron chi connectivity index (χ3n) is 3.81. The Kier molecular flexibility index (Phi) is 6.07. The van der Waals surface area contributed by atoms with Crippen LogP contribution in [0.5, 0.6) is 0 Å². The van der Waals surface area contributed by atoms with E-state index in [0.29, 0.717) is 18.1 Å². The predicted molar refractivity (Wildman–Crippen MR) is 90.6 cm³/mol. The number of nitrogens with zero attached hydrogens (tertiary/aromatic N) is 1. The molecule has 0 aromatic heterocycles. The van der Waals surface area contributed by atoms with E-state index in [1.807, 2.05) is 0 Å². The van der Waals surface area contributed by atoms with Gasteiger partial charge in [0.2, 0.25) is 20.0 Å². The van der Waals surface area contributed by atoms with Crippen LogP contribution in [-0.2, 0) is 20.0 Å². The van der Waals surface area contributed by atoms with Crippen LogP contribution in [0.2, 0.25) is 5.02 Å². The third kappa shape index (κ3) is 4.90. The minimum absolute atomic E-state index is 0.0310. The van der Waals surface area contributed by atoms with E-state index in [1.165, 1.54) is 16.4 Å². The van der Waals surface area contributed by atoms with Crippen molar-refractivity contribution in [3.05, 3.63) is 28.8 Å². The van der Waals surface area contributed by atoms with Crippen LogP contribution in [0, 0.1) is 6.92 Å². The molecule has 1 aromatic carbocycles. The summed E-state index contributed by atoms with van der Waals surface area (Å²) in [6.45, 7) is 2.65. The lowest BCUT2D eigenvalue weighted by molar-refractivity contribution is 0.346. The van der Waals surface area contributed by atoms with Crippen molar-refractivity contribution >= 4 is 31.6 Å². The van der Waals surface area contributed by atoms with Gasteiger partial charge in [0.25, 0.3) is 0 Å². The molecule has 6 nitrogen and oxygen atoms in total. The van der Waals surface area contributed by atoms with Crippen molar-refractivity contribution in [2.75, 3.05) is 25.4 Å². The minimum atomic E-state index is -3.77. The van der Waals surface area contributed by atoms with Crippen LogP contribution in [0.1, 0.15) is 24.8 Å². The molecule has 1 aliphatic rings. The summed E-state index contributed by atoms with van der Waals surface area (Å²) in [4.78, 5) is 0.0310. The molecule has 0 bridgehead atoms. The van der Waals surface area contributed by atoms with Gasteiger partial charge in [0.15, 0.2) is 0 Å². The number of aryl methyl sites for hydroxylation is 1. The van der Waals surface area contributed by atoms with Crippen molar-refractivity contribution in [1.82, 2.24) is 9.03 Å². The molecule has 0 saturated carbocycles. The van der Waals surface area contributed by atoms with E-state index in [4.69, 9.17) is 11.6 Å². The van der Waals surface area contributed by atoms with Gasteiger partial charge < -0.3 is 0 Å². The summed E-state index contributed by atoms with van der Waals surface area (Å²) >= 11 is 5.93. The number of rotatable bonds is 6. The Bertz CT molecular complexity index is 757. The van der Waals surface area contributed by atoms with Crippen molar-refractivity contribution in [3.8, 4) is 0 Å². The van der Waals surface area contributed by atoms with Gasteiger partial charge in [-0.1, -0.05) is 24.1 Å². The van der Waals surface area contributed by atoms with Gasteiger partial charge in [-0.15, -0.1) is 0 Å². The highest BCUT2D eigenvalue weighted by molar-refractivity contribution is 7.90. The fourth-order valence-corrected chi connectivity index (χ4v) is 5.27. The van der Waals surface area contributed by atoms with E-state index in [2.05, 4.69) is 4.72 Å². The third-order valence-corrected chi connectivity index (χ3v) is 7.55. The Morgan fingerprint density at radius 3 is 2.39 bits per heavy atom. The van der Waals surface area contributed by atoms with Crippen LogP contribution < -0.4 is 4.72 Å². The summed E-state index contributed by atoms with van der Waals surface area (Å²) in [6, 6.07) is 4.42. The lowest BCUT2D eigenvalue weighted by Gasteiger charge is -2.25. The lowest BCUT2D eigenvalue weighted by Crippen LogP contribution is -2.40. The van der Waals surface area contributed by atoms with Gasteiger partial charge in [0.1, 0.15) is 0 Å². The molecule has 1 fully saturated rings. The zero-order valence-corrected chi connectivity index (χ0v) is 15.3. The monoisotopic (exact) mass is 380 g/mol. The smallest absolute Gasteiger partial charge is 0.212 e. The molecule has 1 aromatic rings. The average molecular weight is 381 g/mol. The van der Waals surface area contributed by atoms with Crippen molar-refractivity contribution < 1.29 is 16.8 Å². The zero-order valence-electron chi connectivity index (χ0n) is 13.0. The van der Waals surface area contributed by atoms with Crippen LogP contribution in [-0.4, -0.2) is 46.5 Å². The van der Waals surface area contributed by atoms with Crippen LogP contribution in [0.25, 0.3) is 0 Å². The van der Waals surface area contributed by atoms with Crippen molar-refractivity contribution in [1.29, 1.82) is 0 Å². The van der Waals surface area contributed by atoms with Gasteiger partial charge >= 0.3 is 0 Å². The van der Waals surface area contributed by atoms with Gasteiger partial charge in [-0.25, -0.2) is 25.9 Å². The number of sulfonamides is 2. The highest BCUT2D eigenvalue weighted by Gasteiger charge is 2.24. The maximum atomic E-state index is 12.2. The Morgan fingerprint density at radius 1 is 1.13 bits per heavy atom. The molecular weight excluding hydrogens is 360 g/mol. The largest absolute Gasteiger partial charge is 0.240 e. The Balaban J connectivity index is 1.97. The van der Waals surface area contributed by atoms with E-state index >= 15 is 0 Å². The first-order valence-corrected chi connectivity index (χ1v) is 10.9. The highest BCUT2D eigenvalue weighted by atomic mass is 35.5. The molecule has 130 valence electrons. The molecule has 2 rings (SSSR count). The highest BCUT2D eigenvalue weighted by Crippen LogP contribution is 2.20. The second-order valence-electron chi connectivity index (χ2n) is 5.58. The Morgan fingerprint density at radius 2 is 1.78 bits per heavy atom. The van der Waals surface area contributed by atoms with Gasteiger partial charge in [0, 0.05) is 24.7 Å². The fourth-order valence-electron chi connectivity index (χ4n) is 2.40. The zero-order chi connectivity index (χ0) is 17.1. The fraction of sp³-hybridized carbons (Fsp3) is 0.571. The van der Waals surface area contributed by atoms with Crippen molar-refractivity contribution in [2.24, 2.45) is 0 Å². The molecular formula is C14H21ClN2O4S2. The number of hydrogen-bond acceptors (Lipinski definition) is 4. The SMILES string of the molecule is Cc1ccc(S(=O)(=O)NCCS(=O)(=O)N2CCCCC2)cc1Cl. The molecule has 0 amide bonds. The number of hydrogen-bond donors (Lipinski definition) is 1. The first-order valence-electron chi connectivity index (χ1n) is 7.46. The van der Waals surface area contributed by atoms with E-state index in [1.54, 1.807) is 13.0 Å². The van der Waals surface area contributed by atoms with Gasteiger partial charge in [-0.3, -0.25) is 0 Å². The van der Waals surface area contributed by atoms with Gasteiger partial charge in [0.05, 0.1) is 10.6 Å². The van der Waals surface area contributed by atoms with Gasteiger partial charge in [-0.05, 0) is 37.5 Å². The molecule has 23 heavy (non-hydrogen) atoms. The normalized spacial score (nSPS) is 17.3. The molecule has 0 spiro atoms. The number of halogens is 1. The van der Waals surface area contributed by atoms with Gasteiger partial charge in [-0.2, -0.15) is 0 Å². The maximum absolute atomic E-state index is 12.2. The van der Waals surface area contributed by atoms with E-state index in [9.17, 15) is 16.8 Å². The van der Waals surface area contributed by atoms with Crippen LogP contribution in [0.3, 0.4) is 0 Å². The molecule has 0 atom stereocenters. The van der Waals surface area contributed by atoms with Crippen LogP contribution in [0.15, 0.2) is 23.1 Å². The summed E-state index contributed by atoms with van der Waals surface area (Å²) < 4.78 is 52.5. The van der Waals surface area contributed by atoms with Crippen LogP contribution >= 0.6 is 11.6 Å². The van der Waals surface area contributed by atoms with E-state index in [-0.39, 0.29) is 17.2 Å². The quantitative estimate of drug-likeness (QED) is 0.814. The molecule has 1 heterocycles. The summed E-state index contributed by atoms with van der Waals surface area (Å²) in [5.41, 5.74) is 0.776.